The summed E-state index contributed by atoms with van der Waals surface area (Å²) in [5, 5.41) is 4.66. The maximum atomic E-state index is 4.52. The fourth-order valence-electron chi connectivity index (χ4n) is 3.54. The van der Waals surface area contributed by atoms with E-state index in [1.165, 1.54) is 29.0 Å². The molecule has 1 saturated carbocycles. The van der Waals surface area contributed by atoms with Gasteiger partial charge < -0.3 is 5.32 Å². The molecule has 1 aliphatic heterocycles. The standard InChI is InChI=1S/C16H18N2S/c1-10-15(19-11(2)18-10)12-3-5-13(6-4-12)16-7-14(16)8-17-9-16/h3-6,14,17H,7-9H2,1-2H3. The first-order valence-corrected chi connectivity index (χ1v) is 7.76. The lowest BCUT2D eigenvalue weighted by Gasteiger charge is -2.12. The fourth-order valence-corrected chi connectivity index (χ4v) is 4.47. The van der Waals surface area contributed by atoms with E-state index >= 15 is 0 Å². The van der Waals surface area contributed by atoms with Gasteiger partial charge in [-0.2, -0.15) is 0 Å². The van der Waals surface area contributed by atoms with Gasteiger partial charge in [0, 0.05) is 12.0 Å². The summed E-state index contributed by atoms with van der Waals surface area (Å²) in [6.45, 7) is 6.54. The lowest BCUT2D eigenvalue weighted by molar-refractivity contribution is 0.676. The highest BCUT2D eigenvalue weighted by Crippen LogP contribution is 2.56. The summed E-state index contributed by atoms with van der Waals surface area (Å²) in [6.07, 6.45) is 1.37. The molecule has 4 rings (SSSR count). The Hall–Kier alpha value is -1.19. The highest BCUT2D eigenvalue weighted by Gasteiger charge is 2.57. The van der Waals surface area contributed by atoms with Gasteiger partial charge in [0.25, 0.3) is 0 Å². The summed E-state index contributed by atoms with van der Waals surface area (Å²) in [5.74, 6) is 0.880. The van der Waals surface area contributed by atoms with Crippen LogP contribution in [0.5, 0.6) is 0 Å². The lowest BCUT2D eigenvalue weighted by Crippen LogP contribution is -2.19. The van der Waals surface area contributed by atoms with Crippen molar-refractivity contribution in [1.29, 1.82) is 0 Å². The van der Waals surface area contributed by atoms with Gasteiger partial charge in [-0.1, -0.05) is 24.3 Å². The molecule has 1 aliphatic carbocycles. The predicted molar refractivity (Wildman–Crippen MR) is 79.7 cm³/mol. The van der Waals surface area contributed by atoms with Gasteiger partial charge in [-0.25, -0.2) is 4.98 Å². The molecule has 1 N–H and O–H groups in total. The Morgan fingerprint density at radius 1 is 1.26 bits per heavy atom. The average Bonchev–Trinajstić information content (AvgIpc) is 2.79. The number of fused-ring (bicyclic) bond motifs is 1. The van der Waals surface area contributed by atoms with Crippen molar-refractivity contribution >= 4 is 11.3 Å². The number of benzene rings is 1. The SMILES string of the molecule is Cc1nc(C)c(-c2ccc(C34CNCC3C4)cc2)s1. The van der Waals surface area contributed by atoms with Gasteiger partial charge in [-0.15, -0.1) is 11.3 Å². The van der Waals surface area contributed by atoms with E-state index in [0.717, 1.165) is 23.2 Å². The number of piperidine rings is 1. The molecule has 98 valence electrons. The first kappa shape index (κ1) is 11.6. The largest absolute Gasteiger partial charge is 0.316 e. The third-order valence-electron chi connectivity index (χ3n) is 4.69. The summed E-state index contributed by atoms with van der Waals surface area (Å²) >= 11 is 1.79. The molecule has 1 saturated heterocycles. The van der Waals surface area contributed by atoms with E-state index in [1.807, 2.05) is 0 Å². The maximum Gasteiger partial charge on any atom is 0.0903 e. The Morgan fingerprint density at radius 2 is 2.05 bits per heavy atom. The van der Waals surface area contributed by atoms with Crippen molar-refractivity contribution < 1.29 is 0 Å². The van der Waals surface area contributed by atoms with Gasteiger partial charge >= 0.3 is 0 Å². The first-order valence-electron chi connectivity index (χ1n) is 6.95. The van der Waals surface area contributed by atoms with Crippen LogP contribution >= 0.6 is 11.3 Å². The van der Waals surface area contributed by atoms with Gasteiger partial charge in [-0.05, 0) is 43.9 Å². The zero-order chi connectivity index (χ0) is 13.0. The zero-order valence-electron chi connectivity index (χ0n) is 11.4. The Morgan fingerprint density at radius 3 is 2.58 bits per heavy atom. The number of rotatable bonds is 2. The average molecular weight is 270 g/mol. The van der Waals surface area contributed by atoms with E-state index < -0.39 is 0 Å². The normalized spacial score (nSPS) is 28.4. The molecule has 1 aromatic carbocycles. The third-order valence-corrected chi connectivity index (χ3v) is 5.81. The van der Waals surface area contributed by atoms with Crippen molar-refractivity contribution in [2.75, 3.05) is 13.1 Å². The minimum Gasteiger partial charge on any atom is -0.316 e. The molecule has 2 nitrogen and oxygen atoms in total. The smallest absolute Gasteiger partial charge is 0.0903 e. The second-order valence-electron chi connectivity index (χ2n) is 5.91. The van der Waals surface area contributed by atoms with E-state index in [4.69, 9.17) is 0 Å². The molecule has 2 aromatic rings. The van der Waals surface area contributed by atoms with Crippen LogP contribution in [0.2, 0.25) is 0 Å². The van der Waals surface area contributed by atoms with Crippen LogP contribution in [0.1, 0.15) is 22.7 Å². The molecule has 1 aromatic heterocycles. The highest BCUT2D eigenvalue weighted by molar-refractivity contribution is 7.15. The summed E-state index contributed by atoms with van der Waals surface area (Å²) in [7, 11) is 0. The summed E-state index contributed by atoms with van der Waals surface area (Å²) in [4.78, 5) is 5.84. The van der Waals surface area contributed by atoms with Gasteiger partial charge in [0.2, 0.25) is 0 Å². The van der Waals surface area contributed by atoms with Crippen LogP contribution in [0.4, 0.5) is 0 Å². The molecular weight excluding hydrogens is 252 g/mol. The molecule has 0 bridgehead atoms. The first-order chi connectivity index (χ1) is 9.19. The van der Waals surface area contributed by atoms with Crippen molar-refractivity contribution in [3.63, 3.8) is 0 Å². The van der Waals surface area contributed by atoms with Crippen LogP contribution in [-0.4, -0.2) is 18.1 Å². The molecule has 2 fully saturated rings. The maximum absolute atomic E-state index is 4.52. The van der Waals surface area contributed by atoms with Crippen molar-refractivity contribution in [3.8, 4) is 10.4 Å². The van der Waals surface area contributed by atoms with Crippen molar-refractivity contribution in [3.05, 3.63) is 40.5 Å². The monoisotopic (exact) mass is 270 g/mol. The molecule has 0 radical (unpaired) electrons. The molecule has 2 unspecified atom stereocenters. The second-order valence-corrected chi connectivity index (χ2v) is 7.12. The molecule has 2 atom stereocenters. The van der Waals surface area contributed by atoms with Crippen LogP contribution in [0, 0.1) is 19.8 Å². The van der Waals surface area contributed by atoms with Gasteiger partial charge in [0.15, 0.2) is 0 Å². The number of aryl methyl sites for hydroxylation is 2. The molecule has 0 amide bonds. The van der Waals surface area contributed by atoms with Crippen molar-refractivity contribution in [2.24, 2.45) is 5.92 Å². The lowest BCUT2D eigenvalue weighted by atomic mass is 9.94. The minimum atomic E-state index is 0.469. The Balaban J connectivity index is 1.68. The number of nitrogens with one attached hydrogen (secondary N) is 1. The summed E-state index contributed by atoms with van der Waals surface area (Å²) in [6, 6.07) is 9.21. The molecule has 19 heavy (non-hydrogen) atoms. The predicted octanol–water partition coefficient (Wildman–Crippen LogP) is 3.29. The van der Waals surface area contributed by atoms with Gasteiger partial charge in [0.1, 0.15) is 0 Å². The number of hydrogen-bond donors (Lipinski definition) is 1. The Bertz CT molecular complexity index is 629. The topological polar surface area (TPSA) is 24.9 Å². The quantitative estimate of drug-likeness (QED) is 0.906. The second kappa shape index (κ2) is 3.90. The summed E-state index contributed by atoms with van der Waals surface area (Å²) < 4.78 is 0. The molecule has 0 spiro atoms. The fraction of sp³-hybridized carbons (Fsp3) is 0.438. The van der Waals surface area contributed by atoms with Crippen LogP contribution in [-0.2, 0) is 5.41 Å². The van der Waals surface area contributed by atoms with Crippen molar-refractivity contribution in [1.82, 2.24) is 10.3 Å². The number of thiazole rings is 1. The van der Waals surface area contributed by atoms with Gasteiger partial charge in [-0.3, -0.25) is 0 Å². The highest BCUT2D eigenvalue weighted by atomic mass is 32.1. The number of aromatic nitrogens is 1. The van der Waals surface area contributed by atoms with Crippen molar-refractivity contribution in [2.45, 2.75) is 25.7 Å². The molecular formula is C16H18N2S. The van der Waals surface area contributed by atoms with E-state index in [2.05, 4.69) is 48.4 Å². The molecule has 3 heteroatoms. The van der Waals surface area contributed by atoms with Crippen LogP contribution in [0.15, 0.2) is 24.3 Å². The van der Waals surface area contributed by atoms with E-state index in [1.54, 1.807) is 11.3 Å². The third kappa shape index (κ3) is 1.68. The number of nitrogens with zero attached hydrogens (tertiary/aromatic N) is 1. The minimum absolute atomic E-state index is 0.469. The van der Waals surface area contributed by atoms with E-state index in [0.29, 0.717) is 5.41 Å². The Kier molecular flexibility index (Phi) is 2.39. The van der Waals surface area contributed by atoms with Crippen LogP contribution in [0.3, 0.4) is 0 Å². The molecule has 2 aliphatic rings. The Labute approximate surface area is 117 Å². The number of hydrogen-bond acceptors (Lipinski definition) is 3. The van der Waals surface area contributed by atoms with E-state index in [-0.39, 0.29) is 0 Å². The van der Waals surface area contributed by atoms with Crippen LogP contribution < -0.4 is 5.32 Å². The summed E-state index contributed by atoms with van der Waals surface area (Å²) in [5.41, 5.74) is 4.45. The van der Waals surface area contributed by atoms with Gasteiger partial charge in [0.05, 0.1) is 15.6 Å². The molecule has 2 heterocycles. The van der Waals surface area contributed by atoms with Crippen LogP contribution in [0.25, 0.3) is 10.4 Å². The van der Waals surface area contributed by atoms with E-state index in [9.17, 15) is 0 Å². The zero-order valence-corrected chi connectivity index (χ0v) is 12.2.